The van der Waals surface area contributed by atoms with Gasteiger partial charge >= 0.3 is 0 Å². The Morgan fingerprint density at radius 1 is 1.00 bits per heavy atom. The molecule has 1 aromatic carbocycles. The molecule has 0 radical (unpaired) electrons. The lowest BCUT2D eigenvalue weighted by molar-refractivity contribution is 0.150. The molecule has 0 atom stereocenters. The van der Waals surface area contributed by atoms with E-state index in [1.807, 2.05) is 29.1 Å². The molecule has 0 unspecified atom stereocenters. The topological polar surface area (TPSA) is 70.0 Å². The molecule has 0 aliphatic rings. The molecule has 138 valence electrons. The zero-order valence-corrected chi connectivity index (χ0v) is 15.5. The van der Waals surface area contributed by atoms with Crippen molar-refractivity contribution in [1.29, 1.82) is 0 Å². The Balaban J connectivity index is 2.41. The van der Waals surface area contributed by atoms with Gasteiger partial charge in [0.15, 0.2) is 0 Å². The minimum atomic E-state index is -3.68. The maximum absolute atomic E-state index is 13.0. The Morgan fingerprint density at radius 3 is 2.12 bits per heavy atom. The minimum Gasteiger partial charge on any atom is -0.495 e. The van der Waals surface area contributed by atoms with Crippen LogP contribution in [0.1, 0.15) is 0 Å². The first-order chi connectivity index (χ1) is 12.0. The van der Waals surface area contributed by atoms with Crippen molar-refractivity contribution < 1.29 is 22.6 Å². The van der Waals surface area contributed by atoms with E-state index in [-0.39, 0.29) is 18.0 Å². The molecule has 0 saturated heterocycles. The van der Waals surface area contributed by atoms with E-state index in [1.165, 1.54) is 4.31 Å². The van der Waals surface area contributed by atoms with E-state index in [2.05, 4.69) is 0 Å². The Kier molecular flexibility index (Phi) is 7.01. The molecule has 2 aromatic rings. The lowest BCUT2D eigenvalue weighted by Crippen LogP contribution is -2.36. The van der Waals surface area contributed by atoms with Crippen LogP contribution in [-0.2, 0) is 19.5 Å². The van der Waals surface area contributed by atoms with Gasteiger partial charge in [-0.2, -0.15) is 4.31 Å². The number of ether oxygens (including phenoxy) is 3. The lowest BCUT2D eigenvalue weighted by Gasteiger charge is -2.22. The van der Waals surface area contributed by atoms with E-state index in [9.17, 15) is 8.42 Å². The van der Waals surface area contributed by atoms with Gasteiger partial charge < -0.3 is 18.8 Å². The SMILES string of the molecule is COCCN(CCOC)S(=O)(=O)c1ccc(OC)c(-n2cccc2)c1. The fourth-order valence-corrected chi connectivity index (χ4v) is 3.84. The summed E-state index contributed by atoms with van der Waals surface area (Å²) in [4.78, 5) is 0.198. The van der Waals surface area contributed by atoms with Gasteiger partial charge in [-0.05, 0) is 30.3 Å². The first kappa shape index (κ1) is 19.5. The van der Waals surface area contributed by atoms with Crippen molar-refractivity contribution in [3.63, 3.8) is 0 Å². The fourth-order valence-electron chi connectivity index (χ4n) is 2.41. The number of methoxy groups -OCH3 is 3. The molecule has 0 spiro atoms. The molecule has 0 aliphatic carbocycles. The second-order valence-corrected chi connectivity index (χ2v) is 7.25. The Morgan fingerprint density at radius 2 is 1.60 bits per heavy atom. The van der Waals surface area contributed by atoms with Crippen LogP contribution in [0.3, 0.4) is 0 Å². The van der Waals surface area contributed by atoms with Crippen LogP contribution in [0, 0.1) is 0 Å². The van der Waals surface area contributed by atoms with Crippen molar-refractivity contribution in [2.45, 2.75) is 4.90 Å². The van der Waals surface area contributed by atoms with E-state index in [1.54, 1.807) is 39.5 Å². The average molecular weight is 368 g/mol. The van der Waals surface area contributed by atoms with Crippen molar-refractivity contribution in [2.75, 3.05) is 47.6 Å². The number of nitrogens with zero attached hydrogens (tertiary/aromatic N) is 2. The smallest absolute Gasteiger partial charge is 0.243 e. The standard InChI is InChI=1S/C17H24N2O5S/c1-22-12-10-19(11-13-23-2)25(20,21)15-6-7-17(24-3)16(14-15)18-8-4-5-9-18/h4-9,14H,10-13H2,1-3H3. The van der Waals surface area contributed by atoms with Gasteiger partial charge in [0.05, 0.1) is 30.9 Å². The molecule has 1 aromatic heterocycles. The van der Waals surface area contributed by atoms with E-state index in [4.69, 9.17) is 14.2 Å². The normalized spacial score (nSPS) is 11.8. The van der Waals surface area contributed by atoms with Crippen LogP contribution in [-0.4, -0.2) is 64.9 Å². The molecule has 0 N–H and O–H groups in total. The Hall–Kier alpha value is -1.87. The van der Waals surface area contributed by atoms with E-state index in [0.717, 1.165) is 0 Å². The summed E-state index contributed by atoms with van der Waals surface area (Å²) in [5, 5.41) is 0. The largest absolute Gasteiger partial charge is 0.495 e. The van der Waals surface area contributed by atoms with Gasteiger partial charge in [0.25, 0.3) is 0 Å². The van der Waals surface area contributed by atoms with Gasteiger partial charge in [-0.3, -0.25) is 0 Å². The Labute approximate surface area is 148 Å². The number of aromatic nitrogens is 1. The molecule has 2 rings (SSSR count). The predicted molar refractivity (Wildman–Crippen MR) is 94.8 cm³/mol. The van der Waals surface area contributed by atoms with Gasteiger partial charge in [0, 0.05) is 39.7 Å². The van der Waals surface area contributed by atoms with Gasteiger partial charge in [-0.1, -0.05) is 0 Å². The third-order valence-corrected chi connectivity index (χ3v) is 5.65. The highest BCUT2D eigenvalue weighted by molar-refractivity contribution is 7.89. The maximum Gasteiger partial charge on any atom is 0.243 e. The van der Waals surface area contributed by atoms with Gasteiger partial charge in [-0.25, -0.2) is 8.42 Å². The number of sulfonamides is 1. The number of benzene rings is 1. The molecule has 0 saturated carbocycles. The summed E-state index contributed by atoms with van der Waals surface area (Å²) >= 11 is 0. The van der Waals surface area contributed by atoms with Gasteiger partial charge in [0.1, 0.15) is 5.75 Å². The number of rotatable bonds is 10. The number of hydrogen-bond acceptors (Lipinski definition) is 5. The van der Waals surface area contributed by atoms with E-state index < -0.39 is 10.0 Å². The molecule has 0 bridgehead atoms. The molecule has 0 aliphatic heterocycles. The van der Waals surface area contributed by atoms with Crippen LogP contribution in [0.5, 0.6) is 5.75 Å². The van der Waals surface area contributed by atoms with Crippen LogP contribution in [0.25, 0.3) is 5.69 Å². The third-order valence-electron chi connectivity index (χ3n) is 3.76. The van der Waals surface area contributed by atoms with E-state index >= 15 is 0 Å². The van der Waals surface area contributed by atoms with Gasteiger partial charge in [-0.15, -0.1) is 0 Å². The highest BCUT2D eigenvalue weighted by Gasteiger charge is 2.25. The van der Waals surface area contributed by atoms with Crippen LogP contribution in [0.15, 0.2) is 47.6 Å². The van der Waals surface area contributed by atoms with Crippen molar-refractivity contribution in [3.05, 3.63) is 42.7 Å². The molecular formula is C17H24N2O5S. The van der Waals surface area contributed by atoms with Crippen LogP contribution in [0.2, 0.25) is 0 Å². The quantitative estimate of drug-likeness (QED) is 0.639. The summed E-state index contributed by atoms with van der Waals surface area (Å²) in [7, 11) is 0.957. The summed E-state index contributed by atoms with van der Waals surface area (Å²) in [6.45, 7) is 1.13. The van der Waals surface area contributed by atoms with Crippen molar-refractivity contribution in [3.8, 4) is 11.4 Å². The molecular weight excluding hydrogens is 344 g/mol. The van der Waals surface area contributed by atoms with Gasteiger partial charge in [0.2, 0.25) is 10.0 Å². The van der Waals surface area contributed by atoms with Crippen LogP contribution < -0.4 is 4.74 Å². The predicted octanol–water partition coefficient (Wildman–Crippen LogP) is 1.77. The third kappa shape index (κ3) is 4.60. The van der Waals surface area contributed by atoms with E-state index in [0.29, 0.717) is 24.7 Å². The second kappa shape index (κ2) is 9.00. The summed E-state index contributed by atoms with van der Waals surface area (Å²) in [6.07, 6.45) is 3.67. The van der Waals surface area contributed by atoms with Crippen LogP contribution in [0.4, 0.5) is 0 Å². The maximum atomic E-state index is 13.0. The highest BCUT2D eigenvalue weighted by Crippen LogP contribution is 2.27. The minimum absolute atomic E-state index is 0.198. The Bertz CT molecular complexity index is 751. The second-order valence-electron chi connectivity index (χ2n) is 5.31. The van der Waals surface area contributed by atoms with Crippen molar-refractivity contribution in [1.82, 2.24) is 8.87 Å². The zero-order valence-electron chi connectivity index (χ0n) is 14.7. The molecule has 1 heterocycles. The van der Waals surface area contributed by atoms with Crippen molar-refractivity contribution >= 4 is 10.0 Å². The average Bonchev–Trinajstić information content (AvgIpc) is 3.15. The number of hydrogen-bond donors (Lipinski definition) is 0. The summed E-state index contributed by atoms with van der Waals surface area (Å²) in [5.41, 5.74) is 0.659. The summed E-state index contributed by atoms with van der Waals surface area (Å²) in [5.74, 6) is 0.593. The molecule has 0 fully saturated rings. The molecule has 7 nitrogen and oxygen atoms in total. The lowest BCUT2D eigenvalue weighted by atomic mass is 10.3. The summed E-state index contributed by atoms with van der Waals surface area (Å²) in [6, 6.07) is 8.55. The van der Waals surface area contributed by atoms with Crippen LogP contribution >= 0.6 is 0 Å². The fraction of sp³-hybridized carbons (Fsp3) is 0.412. The zero-order chi connectivity index (χ0) is 18.3. The first-order valence-corrected chi connectivity index (χ1v) is 9.28. The monoisotopic (exact) mass is 368 g/mol. The molecule has 8 heteroatoms. The molecule has 25 heavy (non-hydrogen) atoms. The molecule has 0 amide bonds. The highest BCUT2D eigenvalue weighted by atomic mass is 32.2. The summed E-state index contributed by atoms with van der Waals surface area (Å²) < 4.78 is 44.7. The first-order valence-electron chi connectivity index (χ1n) is 7.84. The van der Waals surface area contributed by atoms with Crippen molar-refractivity contribution in [2.24, 2.45) is 0 Å².